The lowest BCUT2D eigenvalue weighted by molar-refractivity contribution is 0.200. The summed E-state index contributed by atoms with van der Waals surface area (Å²) in [6, 6.07) is 8.67. The third-order valence-electron chi connectivity index (χ3n) is 2.44. The number of aryl methyl sites for hydroxylation is 1. The van der Waals surface area contributed by atoms with Gasteiger partial charge in [0, 0.05) is 20.2 Å². The van der Waals surface area contributed by atoms with Crippen molar-refractivity contribution in [3.05, 3.63) is 41.5 Å². The number of hydrogen-bond donors (Lipinski definition) is 1. The van der Waals surface area contributed by atoms with Crippen LogP contribution in [0.5, 0.6) is 0 Å². The van der Waals surface area contributed by atoms with Crippen molar-refractivity contribution in [2.75, 3.05) is 26.8 Å². The Labute approximate surface area is 98.3 Å². The topological polar surface area (TPSA) is 21.3 Å². The van der Waals surface area contributed by atoms with Crippen molar-refractivity contribution in [2.45, 2.75) is 13.3 Å². The predicted molar refractivity (Wildman–Crippen MR) is 69.6 cm³/mol. The summed E-state index contributed by atoms with van der Waals surface area (Å²) < 4.78 is 4.95. The first kappa shape index (κ1) is 12.9. The van der Waals surface area contributed by atoms with E-state index in [2.05, 4.69) is 48.7 Å². The molecule has 2 heteroatoms. The van der Waals surface area contributed by atoms with Gasteiger partial charge in [0.15, 0.2) is 0 Å². The quantitative estimate of drug-likeness (QED) is 0.711. The van der Waals surface area contributed by atoms with E-state index >= 15 is 0 Å². The van der Waals surface area contributed by atoms with Crippen LogP contribution in [0.1, 0.15) is 18.1 Å². The van der Waals surface area contributed by atoms with Gasteiger partial charge in [-0.1, -0.05) is 43.3 Å². The number of nitrogens with one attached hydrogen (secondary N) is 1. The zero-order valence-electron chi connectivity index (χ0n) is 10.2. The van der Waals surface area contributed by atoms with Gasteiger partial charge < -0.3 is 10.1 Å². The standard InChI is InChI=1S/C14H21NO/c1-3-13-6-8-14(9-7-13)5-4-10-15-11-12-16-2/h4-9,15H,3,10-12H2,1-2H3. The van der Waals surface area contributed by atoms with Crippen molar-refractivity contribution in [3.8, 4) is 0 Å². The van der Waals surface area contributed by atoms with Crippen LogP contribution in [0, 0.1) is 0 Å². The molecule has 0 saturated heterocycles. The molecule has 0 aliphatic rings. The van der Waals surface area contributed by atoms with Crippen LogP contribution in [0.4, 0.5) is 0 Å². The fourth-order valence-corrected chi connectivity index (χ4v) is 1.42. The van der Waals surface area contributed by atoms with Gasteiger partial charge in [0.25, 0.3) is 0 Å². The molecule has 2 nitrogen and oxygen atoms in total. The van der Waals surface area contributed by atoms with Crippen LogP contribution in [0.3, 0.4) is 0 Å². The minimum atomic E-state index is 0.763. The van der Waals surface area contributed by atoms with Gasteiger partial charge in [0.2, 0.25) is 0 Å². The van der Waals surface area contributed by atoms with E-state index in [4.69, 9.17) is 4.74 Å². The molecule has 0 spiro atoms. The smallest absolute Gasteiger partial charge is 0.0587 e. The zero-order chi connectivity index (χ0) is 11.6. The van der Waals surface area contributed by atoms with Gasteiger partial charge >= 0.3 is 0 Å². The maximum absolute atomic E-state index is 4.95. The zero-order valence-corrected chi connectivity index (χ0v) is 10.2. The first-order valence-corrected chi connectivity index (χ1v) is 5.82. The molecule has 1 aromatic carbocycles. The molecule has 0 atom stereocenters. The Balaban J connectivity index is 2.27. The molecule has 0 aliphatic carbocycles. The molecule has 0 aromatic heterocycles. The summed E-state index contributed by atoms with van der Waals surface area (Å²) in [7, 11) is 1.72. The van der Waals surface area contributed by atoms with Gasteiger partial charge in [-0.2, -0.15) is 0 Å². The van der Waals surface area contributed by atoms with Crippen molar-refractivity contribution in [3.63, 3.8) is 0 Å². The molecule has 0 aliphatic heterocycles. The lowest BCUT2D eigenvalue weighted by Gasteiger charge is -2.00. The highest BCUT2D eigenvalue weighted by Crippen LogP contribution is 2.06. The van der Waals surface area contributed by atoms with E-state index < -0.39 is 0 Å². The lowest BCUT2D eigenvalue weighted by atomic mass is 10.1. The van der Waals surface area contributed by atoms with Crippen LogP contribution in [0.2, 0.25) is 0 Å². The van der Waals surface area contributed by atoms with Gasteiger partial charge in [0.1, 0.15) is 0 Å². The van der Waals surface area contributed by atoms with Crippen LogP contribution in [-0.4, -0.2) is 26.8 Å². The molecule has 1 N–H and O–H groups in total. The van der Waals surface area contributed by atoms with Crippen molar-refractivity contribution in [1.29, 1.82) is 0 Å². The van der Waals surface area contributed by atoms with E-state index in [1.165, 1.54) is 11.1 Å². The Hall–Kier alpha value is -1.12. The Kier molecular flexibility index (Phi) is 6.54. The van der Waals surface area contributed by atoms with Crippen molar-refractivity contribution >= 4 is 6.08 Å². The normalized spacial score (nSPS) is 11.1. The Morgan fingerprint density at radius 3 is 2.62 bits per heavy atom. The minimum Gasteiger partial charge on any atom is -0.383 e. The third kappa shape index (κ3) is 5.10. The first-order valence-electron chi connectivity index (χ1n) is 5.82. The van der Waals surface area contributed by atoms with Crippen LogP contribution in [0.15, 0.2) is 30.3 Å². The maximum Gasteiger partial charge on any atom is 0.0587 e. The second-order valence-electron chi connectivity index (χ2n) is 3.69. The molecule has 16 heavy (non-hydrogen) atoms. The number of benzene rings is 1. The highest BCUT2D eigenvalue weighted by molar-refractivity contribution is 5.49. The van der Waals surface area contributed by atoms with Crippen molar-refractivity contribution < 1.29 is 4.74 Å². The first-order chi connectivity index (χ1) is 7.86. The van der Waals surface area contributed by atoms with Gasteiger partial charge in [-0.05, 0) is 17.5 Å². The molecule has 1 aromatic rings. The fraction of sp³-hybridized carbons (Fsp3) is 0.429. The number of hydrogen-bond acceptors (Lipinski definition) is 2. The summed E-state index contributed by atoms with van der Waals surface area (Å²) in [5, 5.41) is 3.27. The van der Waals surface area contributed by atoms with E-state index in [0.717, 1.165) is 26.1 Å². The van der Waals surface area contributed by atoms with Gasteiger partial charge in [0.05, 0.1) is 6.61 Å². The van der Waals surface area contributed by atoms with Gasteiger partial charge in [-0.25, -0.2) is 0 Å². The highest BCUT2D eigenvalue weighted by Gasteiger charge is 1.88. The summed E-state index contributed by atoms with van der Waals surface area (Å²) in [5.41, 5.74) is 2.64. The van der Waals surface area contributed by atoms with Crippen LogP contribution in [0.25, 0.3) is 6.08 Å². The highest BCUT2D eigenvalue weighted by atomic mass is 16.5. The summed E-state index contributed by atoms with van der Waals surface area (Å²) in [6.07, 6.45) is 5.37. The second-order valence-corrected chi connectivity index (χ2v) is 3.69. The van der Waals surface area contributed by atoms with Gasteiger partial charge in [-0.15, -0.1) is 0 Å². The summed E-state index contributed by atoms with van der Waals surface area (Å²) >= 11 is 0. The Bertz CT molecular complexity index is 303. The van der Waals surface area contributed by atoms with E-state index in [0.29, 0.717) is 0 Å². The Morgan fingerprint density at radius 2 is 2.00 bits per heavy atom. The van der Waals surface area contributed by atoms with E-state index in [9.17, 15) is 0 Å². The second kappa shape index (κ2) is 8.08. The molecule has 0 unspecified atom stereocenters. The van der Waals surface area contributed by atoms with Crippen LogP contribution < -0.4 is 5.32 Å². The summed E-state index contributed by atoms with van der Waals surface area (Å²) in [5.74, 6) is 0. The van der Waals surface area contributed by atoms with Crippen LogP contribution >= 0.6 is 0 Å². The molecule has 0 heterocycles. The summed E-state index contributed by atoms with van der Waals surface area (Å²) in [4.78, 5) is 0. The SMILES string of the molecule is CCc1ccc(C=CCNCCOC)cc1. The largest absolute Gasteiger partial charge is 0.383 e. The molecule has 0 bridgehead atoms. The number of methoxy groups -OCH3 is 1. The molecule has 0 fully saturated rings. The van der Waals surface area contributed by atoms with Crippen LogP contribution in [-0.2, 0) is 11.2 Å². The lowest BCUT2D eigenvalue weighted by Crippen LogP contribution is -2.18. The minimum absolute atomic E-state index is 0.763. The monoisotopic (exact) mass is 219 g/mol. The molecule has 88 valence electrons. The molecule has 0 radical (unpaired) electrons. The number of rotatable bonds is 7. The molecule has 0 amide bonds. The third-order valence-corrected chi connectivity index (χ3v) is 2.44. The summed E-state index contributed by atoms with van der Waals surface area (Å²) in [6.45, 7) is 4.72. The van der Waals surface area contributed by atoms with Gasteiger partial charge in [-0.3, -0.25) is 0 Å². The van der Waals surface area contributed by atoms with E-state index in [1.54, 1.807) is 7.11 Å². The van der Waals surface area contributed by atoms with Crippen molar-refractivity contribution in [1.82, 2.24) is 5.32 Å². The molecule has 0 saturated carbocycles. The average Bonchev–Trinajstić information content (AvgIpc) is 2.34. The van der Waals surface area contributed by atoms with Crippen molar-refractivity contribution in [2.24, 2.45) is 0 Å². The maximum atomic E-state index is 4.95. The predicted octanol–water partition coefficient (Wildman–Crippen LogP) is 2.50. The van der Waals surface area contributed by atoms with E-state index in [-0.39, 0.29) is 0 Å². The number of ether oxygens (including phenoxy) is 1. The molecular weight excluding hydrogens is 198 g/mol. The average molecular weight is 219 g/mol. The Morgan fingerprint density at radius 1 is 1.25 bits per heavy atom. The molecule has 1 rings (SSSR count). The molecular formula is C14H21NO. The van der Waals surface area contributed by atoms with E-state index in [1.807, 2.05) is 0 Å². The fourth-order valence-electron chi connectivity index (χ4n) is 1.42.